The van der Waals surface area contributed by atoms with Crippen molar-refractivity contribution in [1.29, 1.82) is 0 Å². The summed E-state index contributed by atoms with van der Waals surface area (Å²) in [5.74, 6) is 0.296. The van der Waals surface area contributed by atoms with Crippen molar-refractivity contribution in [3.63, 3.8) is 0 Å². The van der Waals surface area contributed by atoms with Gasteiger partial charge in [0.2, 0.25) is 0 Å². The minimum atomic E-state index is -0.216. The first-order chi connectivity index (χ1) is 8.18. The summed E-state index contributed by atoms with van der Waals surface area (Å²) in [6.07, 6.45) is 7.52. The molecular formula is C14H19BrFN. The molecule has 17 heavy (non-hydrogen) atoms. The molecule has 1 aliphatic carbocycles. The summed E-state index contributed by atoms with van der Waals surface area (Å²) in [4.78, 5) is 0. The maximum Gasteiger partial charge on any atom is 0.137 e. The molecule has 0 amide bonds. The Morgan fingerprint density at radius 3 is 2.41 bits per heavy atom. The topological polar surface area (TPSA) is 26.0 Å². The molecule has 0 saturated heterocycles. The van der Waals surface area contributed by atoms with Gasteiger partial charge in [-0.15, -0.1) is 0 Å². The van der Waals surface area contributed by atoms with Gasteiger partial charge in [-0.05, 0) is 52.4 Å². The molecule has 2 N–H and O–H groups in total. The Hall–Kier alpha value is -0.410. The number of hydrogen-bond donors (Lipinski definition) is 1. The van der Waals surface area contributed by atoms with Gasteiger partial charge in [0.25, 0.3) is 0 Å². The molecular weight excluding hydrogens is 281 g/mol. The Bertz CT molecular complexity index is 372. The summed E-state index contributed by atoms with van der Waals surface area (Å²) in [6, 6.07) is 5.24. The van der Waals surface area contributed by atoms with Crippen LogP contribution in [0, 0.1) is 11.7 Å². The third kappa shape index (κ3) is 3.29. The average Bonchev–Trinajstić information content (AvgIpc) is 2.60. The molecule has 0 bridgehead atoms. The second-order valence-electron chi connectivity index (χ2n) is 4.95. The molecule has 94 valence electrons. The van der Waals surface area contributed by atoms with Gasteiger partial charge in [0.1, 0.15) is 5.82 Å². The van der Waals surface area contributed by atoms with Gasteiger partial charge >= 0.3 is 0 Å². The fourth-order valence-corrected chi connectivity index (χ4v) is 2.91. The van der Waals surface area contributed by atoms with Crippen LogP contribution in [0.5, 0.6) is 0 Å². The number of benzene rings is 1. The fraction of sp³-hybridized carbons (Fsp3) is 0.571. The fourth-order valence-electron chi connectivity index (χ4n) is 2.66. The average molecular weight is 300 g/mol. The summed E-state index contributed by atoms with van der Waals surface area (Å²) >= 11 is 3.17. The van der Waals surface area contributed by atoms with Crippen LogP contribution in [0.2, 0.25) is 0 Å². The van der Waals surface area contributed by atoms with Crippen molar-refractivity contribution >= 4 is 15.9 Å². The van der Waals surface area contributed by atoms with E-state index < -0.39 is 0 Å². The number of halogens is 2. The van der Waals surface area contributed by atoms with Gasteiger partial charge in [0.15, 0.2) is 0 Å². The highest BCUT2D eigenvalue weighted by molar-refractivity contribution is 9.10. The van der Waals surface area contributed by atoms with Crippen molar-refractivity contribution in [2.75, 3.05) is 0 Å². The number of nitrogens with two attached hydrogens (primary N) is 1. The van der Waals surface area contributed by atoms with E-state index in [2.05, 4.69) is 15.9 Å². The van der Waals surface area contributed by atoms with Crippen LogP contribution in [-0.2, 0) is 0 Å². The SMILES string of the molecule is NC(c1ccc(Br)c(F)c1)C1CCCCCC1. The van der Waals surface area contributed by atoms with Crippen molar-refractivity contribution in [2.24, 2.45) is 11.7 Å². The van der Waals surface area contributed by atoms with Gasteiger partial charge < -0.3 is 5.73 Å². The molecule has 1 aromatic rings. The van der Waals surface area contributed by atoms with Crippen LogP contribution >= 0.6 is 15.9 Å². The quantitative estimate of drug-likeness (QED) is 0.796. The highest BCUT2D eigenvalue weighted by Crippen LogP contribution is 2.32. The van der Waals surface area contributed by atoms with Crippen LogP contribution < -0.4 is 5.73 Å². The molecule has 1 nitrogen and oxygen atoms in total. The van der Waals surface area contributed by atoms with Crippen LogP contribution in [0.25, 0.3) is 0 Å². The Labute approximate surface area is 111 Å². The Morgan fingerprint density at radius 1 is 1.18 bits per heavy atom. The molecule has 0 aromatic heterocycles. The molecule has 0 heterocycles. The molecule has 0 aliphatic heterocycles. The van der Waals surface area contributed by atoms with Gasteiger partial charge in [0, 0.05) is 6.04 Å². The van der Waals surface area contributed by atoms with Gasteiger partial charge in [-0.25, -0.2) is 4.39 Å². The second kappa shape index (κ2) is 5.96. The minimum Gasteiger partial charge on any atom is -0.324 e. The van der Waals surface area contributed by atoms with E-state index in [-0.39, 0.29) is 11.9 Å². The normalized spacial score (nSPS) is 19.9. The molecule has 1 aliphatic rings. The van der Waals surface area contributed by atoms with Crippen molar-refractivity contribution in [1.82, 2.24) is 0 Å². The van der Waals surface area contributed by atoms with E-state index in [1.807, 2.05) is 6.07 Å². The van der Waals surface area contributed by atoms with Crippen molar-refractivity contribution in [2.45, 2.75) is 44.6 Å². The lowest BCUT2D eigenvalue weighted by molar-refractivity contribution is 0.381. The Morgan fingerprint density at radius 2 is 1.82 bits per heavy atom. The maximum absolute atomic E-state index is 13.5. The van der Waals surface area contributed by atoms with Gasteiger partial charge in [0.05, 0.1) is 4.47 Å². The highest BCUT2D eigenvalue weighted by atomic mass is 79.9. The van der Waals surface area contributed by atoms with E-state index in [0.717, 1.165) is 5.56 Å². The molecule has 1 unspecified atom stereocenters. The van der Waals surface area contributed by atoms with Crippen molar-refractivity contribution in [3.8, 4) is 0 Å². The van der Waals surface area contributed by atoms with E-state index in [1.54, 1.807) is 12.1 Å². The summed E-state index contributed by atoms with van der Waals surface area (Å²) in [7, 11) is 0. The standard InChI is InChI=1S/C14H19BrFN/c15-12-8-7-11(9-13(12)16)14(17)10-5-3-1-2-4-6-10/h7-10,14H,1-6,17H2. The monoisotopic (exact) mass is 299 g/mol. The van der Waals surface area contributed by atoms with Crippen LogP contribution in [0.4, 0.5) is 4.39 Å². The summed E-state index contributed by atoms with van der Waals surface area (Å²) < 4.78 is 14.0. The largest absolute Gasteiger partial charge is 0.324 e. The second-order valence-corrected chi connectivity index (χ2v) is 5.81. The molecule has 0 radical (unpaired) electrons. The molecule has 3 heteroatoms. The number of rotatable bonds is 2. The van der Waals surface area contributed by atoms with E-state index in [1.165, 1.54) is 38.5 Å². The molecule has 1 saturated carbocycles. The zero-order valence-corrected chi connectivity index (χ0v) is 11.5. The van der Waals surface area contributed by atoms with E-state index in [4.69, 9.17) is 5.73 Å². The third-order valence-electron chi connectivity index (χ3n) is 3.74. The van der Waals surface area contributed by atoms with E-state index >= 15 is 0 Å². The first kappa shape index (κ1) is 13.0. The molecule has 2 rings (SSSR count). The van der Waals surface area contributed by atoms with Gasteiger partial charge in [-0.2, -0.15) is 0 Å². The van der Waals surface area contributed by atoms with E-state index in [9.17, 15) is 4.39 Å². The predicted octanol–water partition coefficient (Wildman–Crippen LogP) is 4.56. The maximum atomic E-state index is 13.5. The van der Waals surface area contributed by atoms with Crippen LogP contribution in [-0.4, -0.2) is 0 Å². The van der Waals surface area contributed by atoms with Crippen molar-refractivity contribution < 1.29 is 4.39 Å². The summed E-state index contributed by atoms with van der Waals surface area (Å²) in [5, 5.41) is 0. The molecule has 1 fully saturated rings. The Balaban J connectivity index is 2.11. The van der Waals surface area contributed by atoms with Crippen LogP contribution in [0.3, 0.4) is 0 Å². The van der Waals surface area contributed by atoms with Gasteiger partial charge in [-0.1, -0.05) is 31.7 Å². The lowest BCUT2D eigenvalue weighted by atomic mass is 9.88. The minimum absolute atomic E-state index is 0.0179. The van der Waals surface area contributed by atoms with Gasteiger partial charge in [-0.3, -0.25) is 0 Å². The molecule has 0 spiro atoms. The van der Waals surface area contributed by atoms with Crippen LogP contribution in [0.1, 0.15) is 50.1 Å². The lowest BCUT2D eigenvalue weighted by Crippen LogP contribution is -2.21. The first-order valence-corrected chi connectivity index (χ1v) is 7.18. The van der Waals surface area contributed by atoms with Crippen LogP contribution in [0.15, 0.2) is 22.7 Å². The zero-order chi connectivity index (χ0) is 12.3. The lowest BCUT2D eigenvalue weighted by Gasteiger charge is -2.22. The smallest absolute Gasteiger partial charge is 0.137 e. The van der Waals surface area contributed by atoms with E-state index in [0.29, 0.717) is 10.4 Å². The highest BCUT2D eigenvalue weighted by Gasteiger charge is 2.21. The van der Waals surface area contributed by atoms with Crippen molar-refractivity contribution in [3.05, 3.63) is 34.1 Å². The summed E-state index contributed by atoms with van der Waals surface area (Å²) in [5.41, 5.74) is 7.20. The predicted molar refractivity (Wildman–Crippen MR) is 72.2 cm³/mol. The Kier molecular flexibility index (Phi) is 4.57. The number of hydrogen-bond acceptors (Lipinski definition) is 1. The summed E-state index contributed by atoms with van der Waals surface area (Å²) in [6.45, 7) is 0. The first-order valence-electron chi connectivity index (χ1n) is 6.39. The molecule has 1 atom stereocenters. The third-order valence-corrected chi connectivity index (χ3v) is 4.38. The zero-order valence-electron chi connectivity index (χ0n) is 9.96. The molecule has 1 aromatic carbocycles.